The number of rotatable bonds is 20. The highest BCUT2D eigenvalue weighted by molar-refractivity contribution is 7.99. The Kier molecular flexibility index (Phi) is 17.3. The van der Waals surface area contributed by atoms with Gasteiger partial charge in [-0.2, -0.15) is 0 Å². The number of carbonyl (C=O) groups is 5. The summed E-state index contributed by atoms with van der Waals surface area (Å²) in [5.74, 6) is -1.87. The maximum Gasteiger partial charge on any atom is 0.253 e. The molecule has 0 bridgehead atoms. The zero-order valence-corrected chi connectivity index (χ0v) is 27.9. The Labute approximate surface area is 278 Å². The lowest BCUT2D eigenvalue weighted by atomic mass is 10.1. The molecule has 252 valence electrons. The smallest absolute Gasteiger partial charge is 0.253 e. The van der Waals surface area contributed by atoms with E-state index in [2.05, 4.69) is 21.3 Å². The van der Waals surface area contributed by atoms with Gasteiger partial charge in [-0.15, -0.1) is 23.5 Å². The first-order valence-corrected chi connectivity index (χ1v) is 17.5. The molecule has 15 heteroatoms. The molecular weight excluding hydrogens is 629 g/mol. The number of carbonyl (C=O) groups excluding carboxylic acids is 5. The normalized spacial score (nSPS) is 12.8. The third kappa shape index (κ3) is 12.0. The summed E-state index contributed by atoms with van der Waals surface area (Å²) in [4.78, 5) is 65.4. The maximum absolute atomic E-state index is 13.5. The largest absolute Gasteiger partial charge is 0.342 e. The minimum absolute atomic E-state index is 0.257. The summed E-state index contributed by atoms with van der Waals surface area (Å²) >= 11 is 2.69. The molecule has 0 saturated carbocycles. The van der Waals surface area contributed by atoms with Crippen LogP contribution >= 0.6 is 23.5 Å². The predicted molar refractivity (Wildman–Crippen MR) is 185 cm³/mol. The van der Waals surface area contributed by atoms with Crippen molar-refractivity contribution in [3.05, 3.63) is 47.5 Å². The van der Waals surface area contributed by atoms with E-state index in [0.717, 1.165) is 0 Å². The summed E-state index contributed by atoms with van der Waals surface area (Å²) in [5.41, 5.74) is 24.0. The molecule has 0 fully saturated rings. The summed E-state index contributed by atoms with van der Waals surface area (Å²) in [6.45, 7) is 1.12. The van der Waals surface area contributed by atoms with E-state index < -0.39 is 41.8 Å². The van der Waals surface area contributed by atoms with E-state index >= 15 is 0 Å². The van der Waals surface area contributed by atoms with Gasteiger partial charge in [0.2, 0.25) is 11.8 Å². The van der Waals surface area contributed by atoms with Gasteiger partial charge in [-0.25, -0.2) is 0 Å². The number of thioether (sulfide) groups is 2. The van der Waals surface area contributed by atoms with E-state index in [1.165, 1.54) is 29.6 Å². The summed E-state index contributed by atoms with van der Waals surface area (Å²) in [6.07, 6.45) is 7.03. The standard InChI is InChI=1S/C31H46N8O5S2/c1-45-26-12-10-20(17-22(26)28(41)38-21(18-40)6-3-13-32)37-31(44)25(8-5-15-34)39-29(42)23-16-19(9-11-27(23)46-2)36-30(43)24(35)7-4-14-33/h9-12,16-18,21,24-25H,3-8,13-15,32-35H2,1-2H3,(H,36,43)(H,37,44)(H,38,41)(H,39,42)/t21-,24-,25-/m0/s1. The van der Waals surface area contributed by atoms with E-state index in [9.17, 15) is 24.0 Å². The molecular formula is C31H46N8O5S2. The highest BCUT2D eigenvalue weighted by Gasteiger charge is 2.24. The number of hydrogen-bond donors (Lipinski definition) is 8. The lowest BCUT2D eigenvalue weighted by Crippen LogP contribution is -2.44. The molecule has 0 spiro atoms. The number of benzene rings is 2. The molecule has 4 amide bonds. The maximum atomic E-state index is 13.5. The topological polar surface area (TPSA) is 238 Å². The van der Waals surface area contributed by atoms with Crippen molar-refractivity contribution >= 4 is 64.8 Å². The summed E-state index contributed by atoms with van der Waals surface area (Å²) in [7, 11) is 0. The zero-order chi connectivity index (χ0) is 34.1. The molecule has 13 nitrogen and oxygen atoms in total. The third-order valence-electron chi connectivity index (χ3n) is 7.00. The van der Waals surface area contributed by atoms with Crippen LogP contribution in [0.2, 0.25) is 0 Å². The molecule has 2 rings (SSSR count). The van der Waals surface area contributed by atoms with Gasteiger partial charge in [-0.3, -0.25) is 19.2 Å². The molecule has 2 aromatic carbocycles. The van der Waals surface area contributed by atoms with Crippen LogP contribution in [-0.2, 0) is 14.4 Å². The molecule has 0 heterocycles. The first kappa shape index (κ1) is 38.7. The van der Waals surface area contributed by atoms with Gasteiger partial charge >= 0.3 is 0 Å². The number of anilines is 2. The number of nitrogens with two attached hydrogens (primary N) is 4. The fourth-order valence-electron chi connectivity index (χ4n) is 4.44. The molecule has 0 unspecified atom stereocenters. The Bertz CT molecular complexity index is 1350. The monoisotopic (exact) mass is 674 g/mol. The predicted octanol–water partition coefficient (Wildman–Crippen LogP) is 1.65. The van der Waals surface area contributed by atoms with Crippen molar-refractivity contribution in [3.8, 4) is 0 Å². The van der Waals surface area contributed by atoms with Gasteiger partial charge in [0.15, 0.2) is 0 Å². The van der Waals surface area contributed by atoms with Crippen LogP contribution in [0.25, 0.3) is 0 Å². The second-order valence-electron chi connectivity index (χ2n) is 10.4. The average Bonchev–Trinajstić information content (AvgIpc) is 3.06. The van der Waals surface area contributed by atoms with Gasteiger partial charge in [0.05, 0.1) is 23.2 Å². The van der Waals surface area contributed by atoms with Gasteiger partial charge in [-0.05, 0) is 107 Å². The number of hydrogen-bond acceptors (Lipinski definition) is 11. The Morgan fingerprint density at radius 3 is 1.70 bits per heavy atom. The van der Waals surface area contributed by atoms with Crippen molar-refractivity contribution < 1.29 is 24.0 Å². The van der Waals surface area contributed by atoms with Crippen molar-refractivity contribution in [3.63, 3.8) is 0 Å². The molecule has 0 saturated heterocycles. The van der Waals surface area contributed by atoms with Gasteiger partial charge in [-0.1, -0.05) is 0 Å². The highest BCUT2D eigenvalue weighted by Crippen LogP contribution is 2.26. The number of nitrogens with one attached hydrogen (secondary N) is 4. The van der Waals surface area contributed by atoms with E-state index in [1.807, 2.05) is 12.5 Å². The average molecular weight is 675 g/mol. The number of amides is 4. The van der Waals surface area contributed by atoms with Crippen LogP contribution in [0.15, 0.2) is 46.2 Å². The lowest BCUT2D eigenvalue weighted by Gasteiger charge is -2.20. The SMILES string of the molecule is CSc1ccc(NC(=O)[C@H](CCCN)NC(=O)c2cc(NC(=O)[C@@H](N)CCCN)ccc2SC)cc1C(=O)N[C@H](C=O)CCCN. The molecule has 3 atom stereocenters. The van der Waals surface area contributed by atoms with Crippen molar-refractivity contribution in [1.82, 2.24) is 10.6 Å². The summed E-state index contributed by atoms with van der Waals surface area (Å²) < 4.78 is 0. The quantitative estimate of drug-likeness (QED) is 0.0742. The fraction of sp³-hybridized carbons (Fsp3) is 0.452. The minimum Gasteiger partial charge on any atom is -0.342 e. The minimum atomic E-state index is -0.957. The molecule has 0 aliphatic rings. The molecule has 0 aliphatic heterocycles. The summed E-state index contributed by atoms with van der Waals surface area (Å²) in [5, 5.41) is 11.1. The lowest BCUT2D eigenvalue weighted by molar-refractivity contribution is -0.118. The molecule has 46 heavy (non-hydrogen) atoms. The first-order chi connectivity index (χ1) is 22.1. The van der Waals surface area contributed by atoms with Gasteiger partial charge in [0.1, 0.15) is 12.3 Å². The van der Waals surface area contributed by atoms with Crippen LogP contribution in [-0.4, -0.2) is 80.2 Å². The Morgan fingerprint density at radius 2 is 1.20 bits per heavy atom. The first-order valence-electron chi connectivity index (χ1n) is 15.0. The van der Waals surface area contributed by atoms with Crippen LogP contribution in [0.5, 0.6) is 0 Å². The van der Waals surface area contributed by atoms with Gasteiger partial charge in [0.25, 0.3) is 11.8 Å². The second-order valence-corrected chi connectivity index (χ2v) is 12.1. The van der Waals surface area contributed by atoms with E-state index in [4.69, 9.17) is 22.9 Å². The van der Waals surface area contributed by atoms with Crippen LogP contribution in [0, 0.1) is 0 Å². The van der Waals surface area contributed by atoms with Crippen LogP contribution in [0.3, 0.4) is 0 Å². The summed E-state index contributed by atoms with van der Waals surface area (Å²) in [6, 6.07) is 7.42. The molecule has 12 N–H and O–H groups in total. The second kappa shape index (κ2) is 20.6. The Balaban J connectivity index is 2.26. The molecule has 0 radical (unpaired) electrons. The fourth-order valence-corrected chi connectivity index (χ4v) is 5.60. The van der Waals surface area contributed by atoms with Crippen molar-refractivity contribution in [2.24, 2.45) is 22.9 Å². The molecule has 2 aromatic rings. The molecule has 0 aliphatic carbocycles. The van der Waals surface area contributed by atoms with Crippen molar-refractivity contribution in [2.75, 3.05) is 42.8 Å². The Morgan fingerprint density at radius 1 is 0.717 bits per heavy atom. The van der Waals surface area contributed by atoms with Crippen molar-refractivity contribution in [2.45, 2.75) is 66.4 Å². The zero-order valence-electron chi connectivity index (χ0n) is 26.3. The molecule has 0 aromatic heterocycles. The number of aldehydes is 1. The third-order valence-corrected chi connectivity index (χ3v) is 8.59. The van der Waals surface area contributed by atoms with Crippen LogP contribution < -0.4 is 44.2 Å². The van der Waals surface area contributed by atoms with Gasteiger partial charge in [0, 0.05) is 21.2 Å². The van der Waals surface area contributed by atoms with E-state index in [-0.39, 0.29) is 12.0 Å². The Hall–Kier alpha value is -3.47. The highest BCUT2D eigenvalue weighted by atomic mass is 32.2. The van der Waals surface area contributed by atoms with E-state index in [1.54, 1.807) is 30.3 Å². The van der Waals surface area contributed by atoms with Crippen LogP contribution in [0.4, 0.5) is 11.4 Å². The van der Waals surface area contributed by atoms with E-state index in [0.29, 0.717) is 84.8 Å². The van der Waals surface area contributed by atoms with Gasteiger partial charge < -0.3 is 49.0 Å². The van der Waals surface area contributed by atoms with Crippen LogP contribution in [0.1, 0.15) is 59.2 Å². The van der Waals surface area contributed by atoms with Crippen molar-refractivity contribution in [1.29, 1.82) is 0 Å².